The minimum Gasteiger partial charge on any atom is -0.481 e. The van der Waals surface area contributed by atoms with Gasteiger partial charge in [0, 0.05) is 25.6 Å². The van der Waals surface area contributed by atoms with Gasteiger partial charge in [0.15, 0.2) is 0 Å². The van der Waals surface area contributed by atoms with Crippen molar-refractivity contribution in [3.63, 3.8) is 0 Å². The topological polar surface area (TPSA) is 57.6 Å². The van der Waals surface area contributed by atoms with E-state index in [2.05, 4.69) is 20.8 Å². The van der Waals surface area contributed by atoms with Crippen LogP contribution in [0.4, 0.5) is 0 Å². The van der Waals surface area contributed by atoms with Crippen molar-refractivity contribution in [2.45, 2.75) is 39.0 Å². The Morgan fingerprint density at radius 2 is 1.80 bits per heavy atom. The van der Waals surface area contributed by atoms with E-state index in [1.807, 2.05) is 24.3 Å². The maximum absolute atomic E-state index is 12.5. The number of nitrogens with zero attached hydrogens (tertiary/aromatic N) is 1. The molecule has 20 heavy (non-hydrogen) atoms. The van der Waals surface area contributed by atoms with Crippen LogP contribution in [0, 0.1) is 0 Å². The van der Waals surface area contributed by atoms with Crippen LogP contribution in [-0.4, -0.2) is 35.5 Å². The normalized spacial score (nSPS) is 11.2. The first-order valence-corrected chi connectivity index (χ1v) is 6.80. The fraction of sp³-hybridized carbons (Fsp3) is 0.500. The van der Waals surface area contributed by atoms with Gasteiger partial charge in [-0.2, -0.15) is 0 Å². The predicted molar refractivity (Wildman–Crippen MR) is 79.0 cm³/mol. The van der Waals surface area contributed by atoms with Gasteiger partial charge in [0.1, 0.15) is 0 Å². The Morgan fingerprint density at radius 3 is 2.35 bits per heavy atom. The lowest BCUT2D eigenvalue weighted by molar-refractivity contribution is -0.137. The number of benzene rings is 1. The third-order valence-corrected chi connectivity index (χ3v) is 3.20. The van der Waals surface area contributed by atoms with E-state index in [0.717, 1.165) is 5.56 Å². The first kappa shape index (κ1) is 16.2. The van der Waals surface area contributed by atoms with E-state index in [1.54, 1.807) is 11.9 Å². The van der Waals surface area contributed by atoms with Crippen LogP contribution in [0.25, 0.3) is 0 Å². The van der Waals surface area contributed by atoms with Crippen molar-refractivity contribution in [1.82, 2.24) is 4.90 Å². The van der Waals surface area contributed by atoms with Crippen LogP contribution in [0.15, 0.2) is 24.3 Å². The van der Waals surface area contributed by atoms with E-state index in [9.17, 15) is 9.59 Å². The standard InChI is InChI=1S/C16H23NO3/c1-16(2,3)13-9-6-5-8-12(13)15(20)17(4)11-7-10-14(18)19/h5-6,8-9H,7,10-11H2,1-4H3,(H,18,19). The highest BCUT2D eigenvalue weighted by atomic mass is 16.4. The molecule has 0 aliphatic rings. The number of carbonyl (C=O) groups is 2. The molecular weight excluding hydrogens is 254 g/mol. The summed E-state index contributed by atoms with van der Waals surface area (Å²) in [6.45, 7) is 6.67. The van der Waals surface area contributed by atoms with Crippen molar-refractivity contribution in [2.24, 2.45) is 0 Å². The molecule has 0 radical (unpaired) electrons. The molecule has 0 unspecified atom stereocenters. The average Bonchev–Trinajstić information content (AvgIpc) is 2.36. The number of hydrogen-bond acceptors (Lipinski definition) is 2. The lowest BCUT2D eigenvalue weighted by Crippen LogP contribution is -2.30. The van der Waals surface area contributed by atoms with Crippen molar-refractivity contribution in [3.8, 4) is 0 Å². The van der Waals surface area contributed by atoms with Crippen LogP contribution in [-0.2, 0) is 10.2 Å². The molecule has 0 aromatic heterocycles. The SMILES string of the molecule is CN(CCCC(=O)O)C(=O)c1ccccc1C(C)(C)C. The lowest BCUT2D eigenvalue weighted by Gasteiger charge is -2.25. The van der Waals surface area contributed by atoms with Gasteiger partial charge in [0.2, 0.25) is 0 Å². The van der Waals surface area contributed by atoms with Gasteiger partial charge in [-0.05, 0) is 23.5 Å². The van der Waals surface area contributed by atoms with Crippen LogP contribution >= 0.6 is 0 Å². The molecule has 1 aromatic rings. The number of carboxylic acid groups (broad SMARTS) is 1. The van der Waals surface area contributed by atoms with Crippen molar-refractivity contribution >= 4 is 11.9 Å². The molecule has 0 fully saturated rings. The fourth-order valence-corrected chi connectivity index (χ4v) is 2.10. The molecule has 0 aliphatic carbocycles. The van der Waals surface area contributed by atoms with Gasteiger partial charge in [-0.25, -0.2) is 0 Å². The molecule has 0 aliphatic heterocycles. The van der Waals surface area contributed by atoms with Crippen LogP contribution in [0.1, 0.15) is 49.5 Å². The molecule has 4 nitrogen and oxygen atoms in total. The van der Waals surface area contributed by atoms with Crippen LogP contribution in [0.5, 0.6) is 0 Å². The van der Waals surface area contributed by atoms with E-state index < -0.39 is 5.97 Å². The summed E-state index contributed by atoms with van der Waals surface area (Å²) in [6.07, 6.45) is 0.549. The Bertz CT molecular complexity index is 489. The summed E-state index contributed by atoms with van der Waals surface area (Å²) in [5.41, 5.74) is 1.60. The van der Waals surface area contributed by atoms with E-state index in [4.69, 9.17) is 5.11 Å². The third-order valence-electron chi connectivity index (χ3n) is 3.20. The van der Waals surface area contributed by atoms with E-state index in [-0.39, 0.29) is 17.7 Å². The first-order valence-electron chi connectivity index (χ1n) is 6.80. The molecule has 4 heteroatoms. The zero-order valence-electron chi connectivity index (χ0n) is 12.6. The Labute approximate surface area is 120 Å². The molecule has 0 saturated carbocycles. The molecule has 0 bridgehead atoms. The lowest BCUT2D eigenvalue weighted by atomic mass is 9.83. The van der Waals surface area contributed by atoms with Gasteiger partial charge < -0.3 is 10.0 Å². The largest absolute Gasteiger partial charge is 0.481 e. The number of hydrogen-bond donors (Lipinski definition) is 1. The molecule has 1 rings (SSSR count). The van der Waals surface area contributed by atoms with Gasteiger partial charge in [-0.1, -0.05) is 39.0 Å². The molecule has 0 heterocycles. The first-order chi connectivity index (χ1) is 9.23. The summed E-state index contributed by atoms with van der Waals surface area (Å²) >= 11 is 0. The monoisotopic (exact) mass is 277 g/mol. The highest BCUT2D eigenvalue weighted by Crippen LogP contribution is 2.26. The second-order valence-corrected chi connectivity index (χ2v) is 6.02. The minimum absolute atomic E-state index is 0.0547. The summed E-state index contributed by atoms with van der Waals surface area (Å²) in [6, 6.07) is 7.59. The van der Waals surface area contributed by atoms with Gasteiger partial charge in [0.25, 0.3) is 5.91 Å². The van der Waals surface area contributed by atoms with Crippen molar-refractivity contribution in [3.05, 3.63) is 35.4 Å². The van der Waals surface area contributed by atoms with Crippen molar-refractivity contribution < 1.29 is 14.7 Å². The molecule has 0 saturated heterocycles. The zero-order chi connectivity index (χ0) is 15.3. The number of carbonyl (C=O) groups excluding carboxylic acids is 1. The molecule has 110 valence electrons. The van der Waals surface area contributed by atoms with E-state index in [0.29, 0.717) is 18.5 Å². The van der Waals surface area contributed by atoms with E-state index >= 15 is 0 Å². The predicted octanol–water partition coefficient (Wildman–Crippen LogP) is 2.92. The summed E-state index contributed by atoms with van der Waals surface area (Å²) in [7, 11) is 1.71. The maximum Gasteiger partial charge on any atom is 0.303 e. The summed E-state index contributed by atoms with van der Waals surface area (Å²) in [5, 5.41) is 8.63. The molecule has 0 atom stereocenters. The third kappa shape index (κ3) is 4.37. The molecule has 1 N–H and O–H groups in total. The highest BCUT2D eigenvalue weighted by Gasteiger charge is 2.22. The number of aliphatic carboxylic acids is 1. The average molecular weight is 277 g/mol. The van der Waals surface area contributed by atoms with Gasteiger partial charge in [0.05, 0.1) is 0 Å². The maximum atomic E-state index is 12.5. The number of amides is 1. The molecule has 0 spiro atoms. The molecule has 1 aromatic carbocycles. The van der Waals surface area contributed by atoms with Crippen LogP contribution in [0.3, 0.4) is 0 Å². The van der Waals surface area contributed by atoms with E-state index in [1.165, 1.54) is 0 Å². The summed E-state index contributed by atoms with van der Waals surface area (Å²) < 4.78 is 0. The van der Waals surface area contributed by atoms with Crippen LogP contribution in [0.2, 0.25) is 0 Å². The van der Waals surface area contributed by atoms with Crippen LogP contribution < -0.4 is 0 Å². The summed E-state index contributed by atoms with van der Waals surface area (Å²) in [4.78, 5) is 24.6. The van der Waals surface area contributed by atoms with Gasteiger partial charge in [-0.15, -0.1) is 0 Å². The smallest absolute Gasteiger partial charge is 0.303 e. The van der Waals surface area contributed by atoms with Gasteiger partial charge >= 0.3 is 5.97 Å². The quantitative estimate of drug-likeness (QED) is 0.900. The second-order valence-electron chi connectivity index (χ2n) is 6.02. The second kappa shape index (κ2) is 6.55. The number of carboxylic acids is 1. The number of rotatable bonds is 5. The Kier molecular flexibility index (Phi) is 5.31. The fourth-order valence-electron chi connectivity index (χ4n) is 2.10. The Balaban J connectivity index is 2.84. The van der Waals surface area contributed by atoms with Crippen molar-refractivity contribution in [2.75, 3.05) is 13.6 Å². The van der Waals surface area contributed by atoms with Crippen molar-refractivity contribution in [1.29, 1.82) is 0 Å². The molecule has 1 amide bonds. The summed E-state index contributed by atoms with van der Waals surface area (Å²) in [5.74, 6) is -0.887. The van der Waals surface area contributed by atoms with Gasteiger partial charge in [-0.3, -0.25) is 9.59 Å². The Hall–Kier alpha value is -1.84. The zero-order valence-corrected chi connectivity index (χ0v) is 12.6. The minimum atomic E-state index is -0.832. The Morgan fingerprint density at radius 1 is 1.20 bits per heavy atom. The molecular formula is C16H23NO3. The highest BCUT2D eigenvalue weighted by molar-refractivity contribution is 5.95.